The van der Waals surface area contributed by atoms with Gasteiger partial charge in [0.1, 0.15) is 11.4 Å². The van der Waals surface area contributed by atoms with E-state index in [1.807, 2.05) is 56.0 Å². The number of rotatable bonds is 3. The summed E-state index contributed by atoms with van der Waals surface area (Å²) in [5.74, 6) is 1.03. The van der Waals surface area contributed by atoms with Gasteiger partial charge in [0.2, 0.25) is 5.91 Å². The second-order valence-corrected chi connectivity index (χ2v) is 7.37. The van der Waals surface area contributed by atoms with Gasteiger partial charge in [-0.1, -0.05) is 36.4 Å². The molecule has 0 aliphatic carbocycles. The van der Waals surface area contributed by atoms with E-state index in [1.54, 1.807) is 0 Å². The summed E-state index contributed by atoms with van der Waals surface area (Å²) >= 11 is 0. The summed E-state index contributed by atoms with van der Waals surface area (Å²) in [4.78, 5) is 14.5. The zero-order valence-electron chi connectivity index (χ0n) is 14.7. The van der Waals surface area contributed by atoms with Crippen molar-refractivity contribution in [1.29, 1.82) is 0 Å². The number of hydrogen-bond donors (Lipinski definition) is 0. The van der Waals surface area contributed by atoms with Crippen LogP contribution in [0.5, 0.6) is 5.75 Å². The summed E-state index contributed by atoms with van der Waals surface area (Å²) in [7, 11) is 0. The van der Waals surface area contributed by atoms with E-state index >= 15 is 0 Å². The van der Waals surface area contributed by atoms with Crippen molar-refractivity contribution < 1.29 is 9.53 Å². The largest absolute Gasteiger partial charge is 0.488 e. The van der Waals surface area contributed by atoms with Crippen LogP contribution in [0.3, 0.4) is 0 Å². The number of nitrogens with zero attached hydrogens (tertiary/aromatic N) is 1. The van der Waals surface area contributed by atoms with E-state index in [1.165, 1.54) is 11.1 Å². The second-order valence-electron chi connectivity index (χ2n) is 7.37. The van der Waals surface area contributed by atoms with E-state index < -0.39 is 0 Å². The Morgan fingerprint density at radius 3 is 2.38 bits per heavy atom. The maximum atomic E-state index is 12.6. The molecule has 0 radical (unpaired) electrons. The predicted octanol–water partition coefficient (Wildman–Crippen LogP) is 3.99. The molecule has 0 bridgehead atoms. The summed E-state index contributed by atoms with van der Waals surface area (Å²) in [6, 6.07) is 16.2. The van der Waals surface area contributed by atoms with Crippen LogP contribution in [-0.4, -0.2) is 23.0 Å². The van der Waals surface area contributed by atoms with E-state index in [0.29, 0.717) is 6.42 Å². The molecular weight excluding hydrogens is 298 g/mol. The van der Waals surface area contributed by atoms with Crippen molar-refractivity contribution in [3.63, 3.8) is 0 Å². The van der Waals surface area contributed by atoms with Crippen molar-refractivity contribution in [3.8, 4) is 5.75 Å². The first-order valence-electron chi connectivity index (χ1n) is 8.53. The minimum atomic E-state index is -0.210. The summed E-state index contributed by atoms with van der Waals surface area (Å²) in [5, 5.41) is 0. The number of benzene rings is 2. The van der Waals surface area contributed by atoms with E-state index in [2.05, 4.69) is 18.2 Å². The predicted molar refractivity (Wildman–Crippen MR) is 96.1 cm³/mol. The third-order valence-electron chi connectivity index (χ3n) is 4.19. The first kappa shape index (κ1) is 16.6. The molecule has 3 nitrogen and oxygen atoms in total. The highest BCUT2D eigenvalue weighted by atomic mass is 16.5. The fraction of sp³-hybridized carbons (Fsp3) is 0.381. The van der Waals surface area contributed by atoms with Gasteiger partial charge in [0, 0.05) is 13.1 Å². The molecule has 1 aliphatic heterocycles. The van der Waals surface area contributed by atoms with Crippen LogP contribution in [0, 0.1) is 0 Å². The fourth-order valence-corrected chi connectivity index (χ4v) is 3.02. The second kappa shape index (κ2) is 6.68. The molecule has 126 valence electrons. The Bertz CT molecular complexity index is 713. The molecule has 0 unspecified atom stereocenters. The lowest BCUT2D eigenvalue weighted by molar-refractivity contribution is -0.131. The minimum absolute atomic E-state index is 0.189. The van der Waals surface area contributed by atoms with E-state index in [4.69, 9.17) is 4.74 Å². The Hall–Kier alpha value is -2.29. The highest BCUT2D eigenvalue weighted by molar-refractivity contribution is 5.79. The maximum absolute atomic E-state index is 12.6. The monoisotopic (exact) mass is 323 g/mol. The lowest BCUT2D eigenvalue weighted by Gasteiger charge is -2.29. The molecule has 0 saturated heterocycles. The molecule has 3 heteroatoms. The highest BCUT2D eigenvalue weighted by Gasteiger charge is 2.20. The zero-order valence-corrected chi connectivity index (χ0v) is 14.7. The van der Waals surface area contributed by atoms with Gasteiger partial charge >= 0.3 is 0 Å². The lowest BCUT2D eigenvalue weighted by Crippen LogP contribution is -2.36. The van der Waals surface area contributed by atoms with Crippen molar-refractivity contribution >= 4 is 5.91 Å². The summed E-state index contributed by atoms with van der Waals surface area (Å²) < 4.78 is 5.82. The van der Waals surface area contributed by atoms with Gasteiger partial charge in [0.25, 0.3) is 0 Å². The van der Waals surface area contributed by atoms with Crippen LogP contribution in [0.4, 0.5) is 0 Å². The first-order valence-corrected chi connectivity index (χ1v) is 8.53. The number of carbonyl (C=O) groups is 1. The van der Waals surface area contributed by atoms with E-state index in [-0.39, 0.29) is 11.5 Å². The molecule has 0 spiro atoms. The van der Waals surface area contributed by atoms with Crippen LogP contribution in [0.25, 0.3) is 0 Å². The van der Waals surface area contributed by atoms with Crippen LogP contribution in [0.15, 0.2) is 48.5 Å². The SMILES string of the molecule is CC(C)(C)Oc1ccc(CC(=O)N2CCc3ccccc3C2)cc1. The molecule has 0 aromatic heterocycles. The van der Waals surface area contributed by atoms with Crippen LogP contribution in [0.1, 0.15) is 37.5 Å². The van der Waals surface area contributed by atoms with Gasteiger partial charge in [-0.15, -0.1) is 0 Å². The molecule has 1 amide bonds. The standard InChI is InChI=1S/C21H25NO2/c1-21(2,3)24-19-10-8-16(9-11-19)14-20(23)22-13-12-17-6-4-5-7-18(17)15-22/h4-11H,12-15H2,1-3H3. The van der Waals surface area contributed by atoms with Crippen molar-refractivity contribution in [2.75, 3.05) is 6.54 Å². The Morgan fingerprint density at radius 2 is 1.71 bits per heavy atom. The molecule has 2 aromatic carbocycles. The van der Waals surface area contributed by atoms with Crippen LogP contribution in [-0.2, 0) is 24.2 Å². The molecule has 1 heterocycles. The van der Waals surface area contributed by atoms with Crippen LogP contribution < -0.4 is 4.74 Å². The maximum Gasteiger partial charge on any atom is 0.227 e. The Morgan fingerprint density at radius 1 is 1.04 bits per heavy atom. The number of hydrogen-bond acceptors (Lipinski definition) is 2. The van der Waals surface area contributed by atoms with Gasteiger partial charge in [-0.2, -0.15) is 0 Å². The molecule has 3 rings (SSSR count). The van der Waals surface area contributed by atoms with Gasteiger partial charge in [-0.3, -0.25) is 4.79 Å². The molecule has 24 heavy (non-hydrogen) atoms. The normalized spacial score (nSPS) is 14.2. The lowest BCUT2D eigenvalue weighted by atomic mass is 9.99. The van der Waals surface area contributed by atoms with Crippen molar-refractivity contribution in [3.05, 3.63) is 65.2 Å². The summed E-state index contributed by atoms with van der Waals surface area (Å²) in [5.41, 5.74) is 3.45. The van der Waals surface area contributed by atoms with Crippen molar-refractivity contribution in [2.45, 2.75) is 45.8 Å². The number of amides is 1. The first-order chi connectivity index (χ1) is 11.4. The zero-order chi connectivity index (χ0) is 17.2. The average Bonchev–Trinajstić information content (AvgIpc) is 2.55. The highest BCUT2D eigenvalue weighted by Crippen LogP contribution is 2.21. The van der Waals surface area contributed by atoms with E-state index in [0.717, 1.165) is 30.8 Å². The number of fused-ring (bicyclic) bond motifs is 1. The van der Waals surface area contributed by atoms with E-state index in [9.17, 15) is 4.79 Å². The van der Waals surface area contributed by atoms with Gasteiger partial charge < -0.3 is 9.64 Å². The van der Waals surface area contributed by atoms with Crippen molar-refractivity contribution in [2.24, 2.45) is 0 Å². The van der Waals surface area contributed by atoms with Crippen molar-refractivity contribution in [1.82, 2.24) is 4.90 Å². The molecule has 0 saturated carbocycles. The molecule has 2 aromatic rings. The van der Waals surface area contributed by atoms with Gasteiger partial charge in [-0.05, 0) is 56.0 Å². The topological polar surface area (TPSA) is 29.5 Å². The fourth-order valence-electron chi connectivity index (χ4n) is 3.02. The molecule has 0 fully saturated rings. The third kappa shape index (κ3) is 4.16. The van der Waals surface area contributed by atoms with Gasteiger partial charge in [0.15, 0.2) is 0 Å². The van der Waals surface area contributed by atoms with Gasteiger partial charge in [-0.25, -0.2) is 0 Å². The third-order valence-corrected chi connectivity index (χ3v) is 4.19. The molecule has 0 atom stereocenters. The molecule has 1 aliphatic rings. The smallest absolute Gasteiger partial charge is 0.227 e. The van der Waals surface area contributed by atoms with Crippen LogP contribution >= 0.6 is 0 Å². The number of carbonyl (C=O) groups excluding carboxylic acids is 1. The summed E-state index contributed by atoms with van der Waals surface area (Å²) in [6.07, 6.45) is 1.39. The minimum Gasteiger partial charge on any atom is -0.488 e. The number of ether oxygens (including phenoxy) is 1. The quantitative estimate of drug-likeness (QED) is 0.855. The molecule has 0 N–H and O–H groups in total. The Kier molecular flexibility index (Phi) is 4.61. The molecular formula is C21H25NO2. The Labute approximate surface area is 144 Å². The summed E-state index contributed by atoms with van der Waals surface area (Å²) in [6.45, 7) is 7.61. The average molecular weight is 323 g/mol. The Balaban J connectivity index is 1.61. The van der Waals surface area contributed by atoms with Crippen LogP contribution in [0.2, 0.25) is 0 Å². The van der Waals surface area contributed by atoms with Gasteiger partial charge in [0.05, 0.1) is 6.42 Å².